The molecule has 0 aliphatic carbocycles. The van der Waals surface area contributed by atoms with Gasteiger partial charge in [0.15, 0.2) is 0 Å². The number of thiocarbonyl (C=S) groups is 1. The predicted molar refractivity (Wildman–Crippen MR) is 96.9 cm³/mol. The van der Waals surface area contributed by atoms with E-state index in [2.05, 4.69) is 20.8 Å². The van der Waals surface area contributed by atoms with Gasteiger partial charge in [-0.25, -0.2) is 0 Å². The minimum Gasteiger partial charge on any atom is -0.494 e. The number of hydrogen-bond acceptors (Lipinski definition) is 4. The number of ether oxygens (including phenoxy) is 1. The Balaban J connectivity index is 2.09. The molecule has 118 valence electrons. The first-order chi connectivity index (χ1) is 10.5. The van der Waals surface area contributed by atoms with Crippen LogP contribution in [0, 0.1) is 5.92 Å². The Morgan fingerprint density at radius 3 is 2.59 bits per heavy atom. The second-order valence-corrected chi connectivity index (χ2v) is 7.28. The molecule has 0 radical (unpaired) electrons. The maximum Gasteiger partial charge on any atom is 0.266 e. The van der Waals surface area contributed by atoms with Crippen molar-refractivity contribution in [2.24, 2.45) is 5.92 Å². The molecule has 22 heavy (non-hydrogen) atoms. The van der Waals surface area contributed by atoms with Crippen LogP contribution in [0.1, 0.15) is 32.8 Å². The lowest BCUT2D eigenvalue weighted by Crippen LogP contribution is -2.31. The third-order valence-electron chi connectivity index (χ3n) is 3.07. The molecule has 0 N–H and O–H groups in total. The van der Waals surface area contributed by atoms with Crippen molar-refractivity contribution >= 4 is 40.3 Å². The van der Waals surface area contributed by atoms with Crippen LogP contribution in [0.25, 0.3) is 6.08 Å². The fourth-order valence-corrected chi connectivity index (χ4v) is 3.33. The van der Waals surface area contributed by atoms with Crippen LogP contribution in [0.4, 0.5) is 0 Å². The fraction of sp³-hybridized carbons (Fsp3) is 0.412. The average molecular weight is 335 g/mol. The summed E-state index contributed by atoms with van der Waals surface area (Å²) < 4.78 is 6.20. The first-order valence-corrected chi connectivity index (χ1v) is 8.72. The number of hydrogen-bond donors (Lipinski definition) is 0. The van der Waals surface area contributed by atoms with Gasteiger partial charge in [-0.2, -0.15) is 0 Å². The van der Waals surface area contributed by atoms with E-state index in [1.165, 1.54) is 11.8 Å². The standard InChI is InChI=1S/C17H21NO2S2/c1-4-9-20-14-7-5-13(6-8-14)10-15-16(19)18(11-12(2)3)17(21)22-15/h5-8,10,12H,4,9,11H2,1-3H3. The molecule has 1 heterocycles. The van der Waals surface area contributed by atoms with Gasteiger partial charge in [-0.15, -0.1) is 0 Å². The number of carbonyl (C=O) groups excluding carboxylic acids is 1. The van der Waals surface area contributed by atoms with Crippen LogP contribution in [0.5, 0.6) is 5.75 Å². The Hall–Kier alpha value is -1.33. The van der Waals surface area contributed by atoms with E-state index in [-0.39, 0.29) is 5.91 Å². The topological polar surface area (TPSA) is 29.5 Å². The molecule has 0 aromatic heterocycles. The summed E-state index contributed by atoms with van der Waals surface area (Å²) in [4.78, 5) is 14.8. The van der Waals surface area contributed by atoms with E-state index in [9.17, 15) is 4.79 Å². The largest absolute Gasteiger partial charge is 0.494 e. The van der Waals surface area contributed by atoms with E-state index >= 15 is 0 Å². The molecule has 1 aliphatic rings. The van der Waals surface area contributed by atoms with Gasteiger partial charge in [-0.1, -0.05) is 56.9 Å². The number of thioether (sulfide) groups is 1. The van der Waals surface area contributed by atoms with Crippen molar-refractivity contribution in [3.05, 3.63) is 34.7 Å². The average Bonchev–Trinajstić information content (AvgIpc) is 2.74. The van der Waals surface area contributed by atoms with Gasteiger partial charge in [0.05, 0.1) is 11.5 Å². The van der Waals surface area contributed by atoms with Crippen molar-refractivity contribution in [3.8, 4) is 5.75 Å². The number of benzene rings is 1. The summed E-state index contributed by atoms with van der Waals surface area (Å²) in [5, 5.41) is 0. The van der Waals surface area contributed by atoms with Crippen molar-refractivity contribution < 1.29 is 9.53 Å². The summed E-state index contributed by atoms with van der Waals surface area (Å²) >= 11 is 6.68. The SMILES string of the molecule is CCCOc1ccc(C=C2SC(=S)N(CC(C)C)C2=O)cc1. The van der Waals surface area contributed by atoms with Crippen LogP contribution in [-0.4, -0.2) is 28.3 Å². The van der Waals surface area contributed by atoms with Crippen molar-refractivity contribution in [1.29, 1.82) is 0 Å². The molecule has 1 saturated heterocycles. The number of rotatable bonds is 6. The monoisotopic (exact) mass is 335 g/mol. The molecule has 3 nitrogen and oxygen atoms in total. The van der Waals surface area contributed by atoms with Gasteiger partial charge in [0.25, 0.3) is 5.91 Å². The molecular weight excluding hydrogens is 314 g/mol. The van der Waals surface area contributed by atoms with Crippen molar-refractivity contribution in [1.82, 2.24) is 4.90 Å². The summed E-state index contributed by atoms with van der Waals surface area (Å²) in [6.07, 6.45) is 2.88. The highest BCUT2D eigenvalue weighted by Crippen LogP contribution is 2.33. The Labute approximate surface area is 141 Å². The van der Waals surface area contributed by atoms with Gasteiger partial charge in [0.1, 0.15) is 10.1 Å². The minimum absolute atomic E-state index is 0.00927. The van der Waals surface area contributed by atoms with E-state index in [4.69, 9.17) is 17.0 Å². The van der Waals surface area contributed by atoms with Gasteiger partial charge < -0.3 is 4.74 Å². The lowest BCUT2D eigenvalue weighted by Gasteiger charge is -2.16. The van der Waals surface area contributed by atoms with Crippen LogP contribution >= 0.6 is 24.0 Å². The second-order valence-electron chi connectivity index (χ2n) is 5.60. The third-order valence-corrected chi connectivity index (χ3v) is 4.45. The minimum atomic E-state index is 0.00927. The fourth-order valence-electron chi connectivity index (χ4n) is 2.05. The molecule has 1 aromatic carbocycles. The summed E-state index contributed by atoms with van der Waals surface area (Å²) in [7, 11) is 0. The molecular formula is C17H21NO2S2. The lowest BCUT2D eigenvalue weighted by molar-refractivity contribution is -0.122. The van der Waals surface area contributed by atoms with Crippen LogP contribution in [0.15, 0.2) is 29.2 Å². The Kier molecular flexibility index (Phi) is 6.03. The summed E-state index contributed by atoms with van der Waals surface area (Å²) in [6.45, 7) is 7.63. The zero-order valence-electron chi connectivity index (χ0n) is 13.2. The molecule has 0 saturated carbocycles. The summed E-state index contributed by atoms with van der Waals surface area (Å²) in [5.41, 5.74) is 0.980. The Bertz CT molecular complexity index is 579. The zero-order valence-corrected chi connectivity index (χ0v) is 14.8. The van der Waals surface area contributed by atoms with Crippen molar-refractivity contribution in [2.75, 3.05) is 13.2 Å². The number of amides is 1. The molecule has 2 rings (SSSR count). The molecule has 5 heteroatoms. The molecule has 0 bridgehead atoms. The van der Waals surface area contributed by atoms with Gasteiger partial charge >= 0.3 is 0 Å². The normalized spacial score (nSPS) is 16.9. The van der Waals surface area contributed by atoms with E-state index < -0.39 is 0 Å². The lowest BCUT2D eigenvalue weighted by atomic mass is 10.2. The molecule has 1 amide bonds. The Morgan fingerprint density at radius 1 is 1.32 bits per heavy atom. The molecule has 1 aliphatic heterocycles. The van der Waals surface area contributed by atoms with E-state index in [1.54, 1.807) is 4.90 Å². The number of carbonyl (C=O) groups is 1. The van der Waals surface area contributed by atoms with Gasteiger partial charge in [-0.05, 0) is 36.1 Å². The quantitative estimate of drug-likeness (QED) is 0.571. The van der Waals surface area contributed by atoms with Crippen LogP contribution < -0.4 is 4.74 Å². The predicted octanol–water partition coefficient (Wildman–Crippen LogP) is 4.33. The molecule has 0 atom stereocenters. The smallest absolute Gasteiger partial charge is 0.266 e. The van der Waals surface area contributed by atoms with Crippen molar-refractivity contribution in [2.45, 2.75) is 27.2 Å². The van der Waals surface area contributed by atoms with Crippen LogP contribution in [0.3, 0.4) is 0 Å². The highest BCUT2D eigenvalue weighted by Gasteiger charge is 2.32. The maximum atomic E-state index is 12.4. The Morgan fingerprint density at radius 2 is 2.00 bits per heavy atom. The van der Waals surface area contributed by atoms with Gasteiger partial charge in [0.2, 0.25) is 0 Å². The zero-order chi connectivity index (χ0) is 16.1. The summed E-state index contributed by atoms with van der Waals surface area (Å²) in [5.74, 6) is 1.26. The van der Waals surface area contributed by atoms with E-state index in [0.717, 1.165) is 17.7 Å². The number of nitrogens with zero attached hydrogens (tertiary/aromatic N) is 1. The van der Waals surface area contributed by atoms with E-state index in [0.29, 0.717) is 28.3 Å². The first-order valence-electron chi connectivity index (χ1n) is 7.49. The second kappa shape index (κ2) is 7.79. The summed E-state index contributed by atoms with van der Waals surface area (Å²) in [6, 6.07) is 7.77. The van der Waals surface area contributed by atoms with Gasteiger partial charge in [-0.3, -0.25) is 9.69 Å². The van der Waals surface area contributed by atoms with Crippen LogP contribution in [-0.2, 0) is 4.79 Å². The molecule has 0 unspecified atom stereocenters. The van der Waals surface area contributed by atoms with Gasteiger partial charge in [0, 0.05) is 6.54 Å². The first kappa shape index (κ1) is 17.0. The highest BCUT2D eigenvalue weighted by atomic mass is 32.2. The van der Waals surface area contributed by atoms with Crippen LogP contribution in [0.2, 0.25) is 0 Å². The highest BCUT2D eigenvalue weighted by molar-refractivity contribution is 8.26. The molecule has 1 aromatic rings. The third kappa shape index (κ3) is 4.34. The molecule has 0 spiro atoms. The molecule has 1 fully saturated rings. The maximum absolute atomic E-state index is 12.4. The van der Waals surface area contributed by atoms with E-state index in [1.807, 2.05) is 30.3 Å². The van der Waals surface area contributed by atoms with Crippen molar-refractivity contribution in [3.63, 3.8) is 0 Å².